The number of aromatic nitrogens is 1. The Morgan fingerprint density at radius 2 is 2.19 bits per heavy atom. The summed E-state index contributed by atoms with van der Waals surface area (Å²) in [5.74, 6) is 2.62. The summed E-state index contributed by atoms with van der Waals surface area (Å²) in [6.07, 6.45) is 10.4. The molecule has 7 heteroatoms. The van der Waals surface area contributed by atoms with E-state index in [0.29, 0.717) is 19.2 Å². The molecule has 0 amide bonds. The van der Waals surface area contributed by atoms with Crippen molar-refractivity contribution in [3.05, 3.63) is 24.5 Å². The SMILES string of the molecule is CCNC(=NCCOc1cccnc1)NC1CCN(CC2CCCC2)C1.I. The molecule has 2 aliphatic rings. The van der Waals surface area contributed by atoms with Crippen LogP contribution in [0.2, 0.25) is 0 Å². The zero-order valence-corrected chi connectivity index (χ0v) is 18.7. The van der Waals surface area contributed by atoms with Crippen molar-refractivity contribution in [2.75, 3.05) is 39.3 Å². The first-order chi connectivity index (χ1) is 12.8. The lowest BCUT2D eigenvalue weighted by Crippen LogP contribution is -2.45. The van der Waals surface area contributed by atoms with Crippen LogP contribution in [0.4, 0.5) is 0 Å². The normalized spacial score (nSPS) is 21.1. The van der Waals surface area contributed by atoms with Crippen molar-refractivity contribution >= 4 is 29.9 Å². The third-order valence-electron chi connectivity index (χ3n) is 5.21. The van der Waals surface area contributed by atoms with Gasteiger partial charge in [0.15, 0.2) is 5.96 Å². The number of nitrogens with one attached hydrogen (secondary N) is 2. The molecule has 1 saturated heterocycles. The van der Waals surface area contributed by atoms with Crippen molar-refractivity contribution in [3.63, 3.8) is 0 Å². The van der Waals surface area contributed by atoms with Crippen LogP contribution in [0.25, 0.3) is 0 Å². The minimum absolute atomic E-state index is 0. The van der Waals surface area contributed by atoms with Gasteiger partial charge in [0.2, 0.25) is 0 Å². The van der Waals surface area contributed by atoms with Crippen LogP contribution in [0.3, 0.4) is 0 Å². The third-order valence-corrected chi connectivity index (χ3v) is 5.21. The van der Waals surface area contributed by atoms with Crippen LogP contribution < -0.4 is 15.4 Å². The van der Waals surface area contributed by atoms with E-state index in [1.165, 1.54) is 45.2 Å². The predicted molar refractivity (Wildman–Crippen MR) is 121 cm³/mol. The van der Waals surface area contributed by atoms with Crippen LogP contribution in [0.1, 0.15) is 39.0 Å². The summed E-state index contributed by atoms with van der Waals surface area (Å²) < 4.78 is 5.66. The minimum Gasteiger partial charge on any atom is -0.490 e. The molecule has 0 aromatic carbocycles. The van der Waals surface area contributed by atoms with Gasteiger partial charge in [0, 0.05) is 38.4 Å². The van der Waals surface area contributed by atoms with Crippen molar-refractivity contribution in [1.29, 1.82) is 0 Å². The Bertz CT molecular complexity index is 551. The largest absolute Gasteiger partial charge is 0.490 e. The number of ether oxygens (including phenoxy) is 1. The zero-order chi connectivity index (χ0) is 18.0. The van der Waals surface area contributed by atoms with Gasteiger partial charge in [0.1, 0.15) is 12.4 Å². The van der Waals surface area contributed by atoms with Gasteiger partial charge >= 0.3 is 0 Å². The molecule has 2 N–H and O–H groups in total. The van der Waals surface area contributed by atoms with Crippen LogP contribution in [0, 0.1) is 5.92 Å². The molecule has 1 unspecified atom stereocenters. The molecule has 1 aromatic rings. The fraction of sp³-hybridized carbons (Fsp3) is 0.700. The molecule has 0 spiro atoms. The molecule has 1 atom stereocenters. The van der Waals surface area contributed by atoms with E-state index in [2.05, 4.69) is 32.4 Å². The first-order valence-corrected chi connectivity index (χ1v) is 10.1. The van der Waals surface area contributed by atoms with Crippen LogP contribution >= 0.6 is 24.0 Å². The number of halogens is 1. The topological polar surface area (TPSA) is 61.8 Å². The molecular weight excluding hydrogens is 453 g/mol. The standard InChI is InChI=1S/C20H33N5O.HI/c1-2-22-20(23-11-13-26-19-8-5-10-21-14-19)24-18-9-12-25(16-18)15-17-6-3-4-7-17;/h5,8,10,14,17-18H,2-4,6-7,9,11-13,15-16H2,1H3,(H2,22,23,24);1H. The second kappa shape index (κ2) is 12.4. The Morgan fingerprint density at radius 1 is 1.33 bits per heavy atom. The fourth-order valence-electron chi connectivity index (χ4n) is 3.94. The highest BCUT2D eigenvalue weighted by molar-refractivity contribution is 14.0. The van der Waals surface area contributed by atoms with Crippen LogP contribution in [0.5, 0.6) is 5.75 Å². The van der Waals surface area contributed by atoms with E-state index in [0.717, 1.165) is 30.7 Å². The molecular formula is C20H34IN5O. The molecule has 0 radical (unpaired) electrons. The van der Waals surface area contributed by atoms with E-state index >= 15 is 0 Å². The summed E-state index contributed by atoms with van der Waals surface area (Å²) in [4.78, 5) is 11.3. The minimum atomic E-state index is 0. The molecule has 6 nitrogen and oxygen atoms in total. The maximum Gasteiger partial charge on any atom is 0.191 e. The summed E-state index contributed by atoms with van der Waals surface area (Å²) in [6.45, 7) is 7.78. The fourth-order valence-corrected chi connectivity index (χ4v) is 3.94. The van der Waals surface area contributed by atoms with Gasteiger partial charge in [0.05, 0.1) is 12.7 Å². The summed E-state index contributed by atoms with van der Waals surface area (Å²) in [5.41, 5.74) is 0. The molecule has 1 aliphatic carbocycles. The molecule has 152 valence electrons. The number of pyridine rings is 1. The van der Waals surface area contributed by atoms with Gasteiger partial charge in [-0.3, -0.25) is 4.98 Å². The van der Waals surface area contributed by atoms with Crippen molar-refractivity contribution < 1.29 is 4.74 Å². The molecule has 27 heavy (non-hydrogen) atoms. The third kappa shape index (κ3) is 7.81. The molecule has 3 rings (SSSR count). The summed E-state index contributed by atoms with van der Waals surface area (Å²) in [5, 5.41) is 6.95. The molecule has 2 fully saturated rings. The number of likely N-dealkylation sites (tertiary alicyclic amines) is 1. The Hall–Kier alpha value is -1.09. The first-order valence-electron chi connectivity index (χ1n) is 10.1. The monoisotopic (exact) mass is 487 g/mol. The van der Waals surface area contributed by atoms with Gasteiger partial charge in [-0.1, -0.05) is 12.8 Å². The number of nitrogens with zero attached hydrogens (tertiary/aromatic N) is 3. The molecule has 1 aliphatic heterocycles. The maximum atomic E-state index is 5.66. The molecule has 2 heterocycles. The highest BCUT2D eigenvalue weighted by Crippen LogP contribution is 2.26. The van der Waals surface area contributed by atoms with Crippen LogP contribution in [-0.4, -0.2) is 61.2 Å². The molecule has 1 saturated carbocycles. The van der Waals surface area contributed by atoms with E-state index in [1.807, 2.05) is 12.1 Å². The summed E-state index contributed by atoms with van der Waals surface area (Å²) >= 11 is 0. The molecule has 0 bridgehead atoms. The van der Waals surface area contributed by atoms with Crippen molar-refractivity contribution in [1.82, 2.24) is 20.5 Å². The van der Waals surface area contributed by atoms with Crippen molar-refractivity contribution in [3.8, 4) is 5.75 Å². The van der Waals surface area contributed by atoms with Gasteiger partial charge < -0.3 is 20.3 Å². The summed E-state index contributed by atoms with van der Waals surface area (Å²) in [7, 11) is 0. The van der Waals surface area contributed by atoms with Gasteiger partial charge in [-0.25, -0.2) is 4.99 Å². The average Bonchev–Trinajstić information content (AvgIpc) is 3.32. The number of guanidine groups is 1. The predicted octanol–water partition coefficient (Wildman–Crippen LogP) is 2.90. The Labute approximate surface area is 180 Å². The Kier molecular flexibility index (Phi) is 10.2. The maximum absolute atomic E-state index is 5.66. The lowest BCUT2D eigenvalue weighted by Gasteiger charge is -2.21. The number of rotatable bonds is 8. The van der Waals surface area contributed by atoms with Crippen LogP contribution in [-0.2, 0) is 0 Å². The quantitative estimate of drug-likeness (QED) is 0.256. The van der Waals surface area contributed by atoms with Crippen molar-refractivity contribution in [2.45, 2.75) is 45.1 Å². The van der Waals surface area contributed by atoms with Crippen molar-refractivity contribution in [2.24, 2.45) is 10.9 Å². The Balaban J connectivity index is 0.00000261. The molecule has 1 aromatic heterocycles. The lowest BCUT2D eigenvalue weighted by molar-refractivity contribution is 0.275. The first kappa shape index (κ1) is 22.2. The highest BCUT2D eigenvalue weighted by Gasteiger charge is 2.26. The Morgan fingerprint density at radius 3 is 2.93 bits per heavy atom. The summed E-state index contributed by atoms with van der Waals surface area (Å²) in [6, 6.07) is 4.28. The van der Waals surface area contributed by atoms with E-state index < -0.39 is 0 Å². The van der Waals surface area contributed by atoms with Crippen LogP contribution in [0.15, 0.2) is 29.5 Å². The second-order valence-corrected chi connectivity index (χ2v) is 7.34. The number of aliphatic imine (C=N–C) groups is 1. The average molecular weight is 487 g/mol. The van der Waals surface area contributed by atoms with Gasteiger partial charge in [-0.2, -0.15) is 0 Å². The highest BCUT2D eigenvalue weighted by atomic mass is 127. The van der Waals surface area contributed by atoms with Gasteiger partial charge in [-0.15, -0.1) is 24.0 Å². The van der Waals surface area contributed by atoms with E-state index in [9.17, 15) is 0 Å². The van der Waals surface area contributed by atoms with Gasteiger partial charge in [-0.05, 0) is 44.2 Å². The lowest BCUT2D eigenvalue weighted by atomic mass is 10.1. The second-order valence-electron chi connectivity index (χ2n) is 7.34. The van der Waals surface area contributed by atoms with E-state index in [-0.39, 0.29) is 24.0 Å². The van der Waals surface area contributed by atoms with E-state index in [4.69, 9.17) is 4.74 Å². The number of hydrogen-bond acceptors (Lipinski definition) is 4. The van der Waals surface area contributed by atoms with E-state index in [1.54, 1.807) is 12.4 Å². The zero-order valence-electron chi connectivity index (χ0n) is 16.4. The number of hydrogen-bond donors (Lipinski definition) is 2. The van der Waals surface area contributed by atoms with Gasteiger partial charge in [0.25, 0.3) is 0 Å². The smallest absolute Gasteiger partial charge is 0.191 e.